The Morgan fingerprint density at radius 2 is 2.07 bits per heavy atom. The van der Waals surface area contributed by atoms with Crippen molar-refractivity contribution in [3.63, 3.8) is 0 Å². The first kappa shape index (κ1) is 12.5. The van der Waals surface area contributed by atoms with Crippen LogP contribution in [-0.4, -0.2) is 32.4 Å². The lowest BCUT2D eigenvalue weighted by atomic mass is 10.5. The van der Waals surface area contributed by atoms with Gasteiger partial charge < -0.3 is 14.8 Å². The lowest BCUT2D eigenvalue weighted by Gasteiger charge is -2.06. The van der Waals surface area contributed by atoms with Gasteiger partial charge in [0.1, 0.15) is 0 Å². The summed E-state index contributed by atoms with van der Waals surface area (Å²) in [7, 11) is 1.65. The van der Waals surface area contributed by atoms with Gasteiger partial charge in [0, 0.05) is 7.05 Å². The summed E-state index contributed by atoms with van der Waals surface area (Å²) in [6.45, 7) is 4.55. The molecule has 14 heavy (non-hydrogen) atoms. The van der Waals surface area contributed by atoms with E-state index in [1.165, 1.54) is 0 Å². The van der Waals surface area contributed by atoms with Crippen LogP contribution >= 0.6 is 0 Å². The second-order valence-electron chi connectivity index (χ2n) is 2.35. The molecule has 0 fully saturated rings. The second-order valence-corrected chi connectivity index (χ2v) is 2.35. The Bertz CT molecular complexity index is 194. The van der Waals surface area contributed by atoms with Gasteiger partial charge in [-0.1, -0.05) is 6.92 Å². The fourth-order valence-corrected chi connectivity index (χ4v) is 0.619. The monoisotopic (exact) mass is 203 g/mol. The zero-order valence-electron chi connectivity index (χ0n) is 8.79. The Morgan fingerprint density at radius 1 is 1.36 bits per heavy atom. The first-order valence-corrected chi connectivity index (χ1v) is 4.55. The van der Waals surface area contributed by atoms with Crippen LogP contribution in [0.25, 0.3) is 0 Å². The van der Waals surface area contributed by atoms with Gasteiger partial charge in [-0.15, -0.1) is 5.10 Å². The van der Waals surface area contributed by atoms with Crippen molar-refractivity contribution in [3.8, 4) is 0 Å². The Hall–Kier alpha value is -1.46. The summed E-state index contributed by atoms with van der Waals surface area (Å²) in [5.41, 5.74) is 2.18. The standard InChI is InChI=1S/C8H17N3O3/c1-4-6-14-7(9-3)10-11-8(12)13-5-2/h4-6H2,1-3H3,(H,9,10)(H,11,12). The van der Waals surface area contributed by atoms with Crippen molar-refractivity contribution in [2.45, 2.75) is 20.3 Å². The number of hydrazone groups is 1. The van der Waals surface area contributed by atoms with Crippen molar-refractivity contribution < 1.29 is 14.3 Å². The average molecular weight is 203 g/mol. The SMILES string of the molecule is CCCOC(=NNC(=O)OCC)NC. The molecule has 0 aliphatic carbocycles. The van der Waals surface area contributed by atoms with Crippen LogP contribution in [0.2, 0.25) is 0 Å². The summed E-state index contributed by atoms with van der Waals surface area (Å²) in [4.78, 5) is 10.8. The molecule has 0 bridgehead atoms. The molecule has 1 amide bonds. The maximum Gasteiger partial charge on any atom is 0.427 e. The van der Waals surface area contributed by atoms with E-state index in [-0.39, 0.29) is 6.02 Å². The molecule has 0 saturated carbocycles. The molecule has 6 heteroatoms. The molecule has 0 aromatic rings. The number of ether oxygens (including phenoxy) is 2. The van der Waals surface area contributed by atoms with Crippen molar-refractivity contribution >= 4 is 12.1 Å². The number of rotatable bonds is 4. The van der Waals surface area contributed by atoms with Crippen LogP contribution in [0.1, 0.15) is 20.3 Å². The van der Waals surface area contributed by atoms with Gasteiger partial charge in [-0.2, -0.15) is 0 Å². The predicted octanol–water partition coefficient (Wildman–Crippen LogP) is 0.649. The molecule has 6 nitrogen and oxygen atoms in total. The van der Waals surface area contributed by atoms with Crippen LogP contribution < -0.4 is 10.7 Å². The number of amidine groups is 1. The van der Waals surface area contributed by atoms with Gasteiger partial charge in [-0.3, -0.25) is 0 Å². The molecular formula is C8H17N3O3. The lowest BCUT2D eigenvalue weighted by molar-refractivity contribution is 0.152. The van der Waals surface area contributed by atoms with Gasteiger partial charge in [0.25, 0.3) is 0 Å². The van der Waals surface area contributed by atoms with Gasteiger partial charge in [-0.05, 0) is 13.3 Å². The Morgan fingerprint density at radius 3 is 2.57 bits per heavy atom. The summed E-state index contributed by atoms with van der Waals surface area (Å²) >= 11 is 0. The van der Waals surface area contributed by atoms with Crippen LogP contribution in [0.5, 0.6) is 0 Å². The van der Waals surface area contributed by atoms with E-state index in [2.05, 4.69) is 20.6 Å². The van der Waals surface area contributed by atoms with Gasteiger partial charge in [0.15, 0.2) is 0 Å². The van der Waals surface area contributed by atoms with E-state index in [0.29, 0.717) is 13.2 Å². The van der Waals surface area contributed by atoms with Gasteiger partial charge >= 0.3 is 12.1 Å². The third kappa shape index (κ3) is 6.10. The van der Waals surface area contributed by atoms with Crippen molar-refractivity contribution in [1.82, 2.24) is 10.7 Å². The summed E-state index contributed by atoms with van der Waals surface area (Å²) in [6.07, 6.45) is 0.278. The van der Waals surface area contributed by atoms with E-state index in [1.807, 2.05) is 6.92 Å². The first-order chi connectivity index (χ1) is 6.74. The number of nitrogens with zero attached hydrogens (tertiary/aromatic N) is 1. The maximum absolute atomic E-state index is 10.8. The molecule has 0 radical (unpaired) electrons. The number of nitrogens with one attached hydrogen (secondary N) is 2. The maximum atomic E-state index is 10.8. The molecule has 0 aromatic carbocycles. The smallest absolute Gasteiger partial charge is 0.427 e. The van der Waals surface area contributed by atoms with E-state index < -0.39 is 6.09 Å². The van der Waals surface area contributed by atoms with Crippen LogP contribution in [0, 0.1) is 0 Å². The molecule has 0 atom stereocenters. The summed E-state index contributed by atoms with van der Waals surface area (Å²) in [6, 6.07) is 0.264. The van der Waals surface area contributed by atoms with Gasteiger partial charge in [0.2, 0.25) is 0 Å². The largest absolute Gasteiger partial charge is 0.464 e. The summed E-state index contributed by atoms with van der Waals surface area (Å²) < 4.78 is 9.74. The lowest BCUT2D eigenvalue weighted by Crippen LogP contribution is -2.28. The highest BCUT2D eigenvalue weighted by atomic mass is 16.6. The van der Waals surface area contributed by atoms with E-state index in [1.54, 1.807) is 14.0 Å². The number of carbonyl (C=O) groups is 1. The van der Waals surface area contributed by atoms with Crippen molar-refractivity contribution in [2.75, 3.05) is 20.3 Å². The van der Waals surface area contributed by atoms with Gasteiger partial charge in [-0.25, -0.2) is 10.2 Å². The van der Waals surface area contributed by atoms with Crippen LogP contribution in [-0.2, 0) is 9.47 Å². The minimum atomic E-state index is -0.597. The number of amides is 1. The normalized spacial score (nSPS) is 10.6. The second kappa shape index (κ2) is 8.15. The predicted molar refractivity (Wildman–Crippen MR) is 52.9 cm³/mol. The molecule has 82 valence electrons. The van der Waals surface area contributed by atoms with Crippen molar-refractivity contribution in [3.05, 3.63) is 0 Å². The van der Waals surface area contributed by atoms with Crippen LogP contribution in [0.15, 0.2) is 5.10 Å². The van der Waals surface area contributed by atoms with E-state index in [0.717, 1.165) is 6.42 Å². The number of carbonyl (C=O) groups excluding carboxylic acids is 1. The molecule has 0 saturated heterocycles. The van der Waals surface area contributed by atoms with E-state index in [9.17, 15) is 4.79 Å². The minimum Gasteiger partial charge on any atom is -0.464 e. The molecule has 0 aliphatic heterocycles. The topological polar surface area (TPSA) is 72.0 Å². The Labute approximate surface area is 83.6 Å². The first-order valence-electron chi connectivity index (χ1n) is 4.55. The minimum absolute atomic E-state index is 0.264. The van der Waals surface area contributed by atoms with Gasteiger partial charge in [0.05, 0.1) is 13.2 Å². The Balaban J connectivity index is 3.84. The van der Waals surface area contributed by atoms with Crippen LogP contribution in [0.4, 0.5) is 4.79 Å². The third-order valence-corrected chi connectivity index (χ3v) is 1.18. The molecule has 0 aliphatic rings. The molecule has 0 spiro atoms. The zero-order valence-corrected chi connectivity index (χ0v) is 8.79. The highest BCUT2D eigenvalue weighted by Crippen LogP contribution is 1.82. The fraction of sp³-hybridized carbons (Fsp3) is 0.750. The summed E-state index contributed by atoms with van der Waals surface area (Å²) in [5, 5.41) is 6.35. The molecule has 0 unspecified atom stereocenters. The average Bonchev–Trinajstić information content (AvgIpc) is 2.19. The molecular weight excluding hydrogens is 186 g/mol. The van der Waals surface area contributed by atoms with E-state index >= 15 is 0 Å². The Kier molecular flexibility index (Phi) is 7.30. The van der Waals surface area contributed by atoms with Crippen molar-refractivity contribution in [2.24, 2.45) is 5.10 Å². The fourth-order valence-electron chi connectivity index (χ4n) is 0.619. The van der Waals surface area contributed by atoms with E-state index in [4.69, 9.17) is 4.74 Å². The van der Waals surface area contributed by atoms with Crippen molar-refractivity contribution in [1.29, 1.82) is 0 Å². The number of hydrogen-bond acceptors (Lipinski definition) is 4. The highest BCUT2D eigenvalue weighted by molar-refractivity contribution is 5.75. The molecule has 2 N–H and O–H groups in total. The molecule has 0 aromatic heterocycles. The third-order valence-electron chi connectivity index (χ3n) is 1.18. The zero-order chi connectivity index (χ0) is 10.8. The van der Waals surface area contributed by atoms with Crippen LogP contribution in [0.3, 0.4) is 0 Å². The quantitative estimate of drug-likeness (QED) is 0.400. The number of hydrogen-bond donors (Lipinski definition) is 2. The highest BCUT2D eigenvalue weighted by Gasteiger charge is 2.00. The molecule has 0 heterocycles. The molecule has 0 rings (SSSR count). The summed E-state index contributed by atoms with van der Waals surface area (Å²) in [5.74, 6) is 0.